The SMILES string of the molecule is COCCN(C)CCNC1COC1. The summed E-state index contributed by atoms with van der Waals surface area (Å²) in [4.78, 5) is 2.26. The lowest BCUT2D eigenvalue weighted by atomic mass is 10.2. The first kappa shape index (κ1) is 10.9. The van der Waals surface area contributed by atoms with Gasteiger partial charge in [0.2, 0.25) is 0 Å². The maximum atomic E-state index is 5.06. The molecule has 0 aromatic heterocycles. The number of nitrogens with one attached hydrogen (secondary N) is 1. The van der Waals surface area contributed by atoms with Crippen molar-refractivity contribution in [2.24, 2.45) is 0 Å². The third kappa shape index (κ3) is 4.57. The van der Waals surface area contributed by atoms with Crippen LogP contribution in [0, 0.1) is 0 Å². The molecule has 1 saturated heterocycles. The molecule has 0 amide bonds. The summed E-state index contributed by atoms with van der Waals surface area (Å²) in [5.74, 6) is 0. The van der Waals surface area contributed by atoms with Gasteiger partial charge in [-0.25, -0.2) is 0 Å². The van der Waals surface area contributed by atoms with Crippen LogP contribution in [-0.2, 0) is 9.47 Å². The van der Waals surface area contributed by atoms with Crippen LogP contribution in [-0.4, -0.2) is 64.6 Å². The smallest absolute Gasteiger partial charge is 0.0643 e. The second-order valence-corrected chi connectivity index (χ2v) is 3.48. The zero-order valence-corrected chi connectivity index (χ0v) is 8.58. The van der Waals surface area contributed by atoms with Gasteiger partial charge in [-0.05, 0) is 7.05 Å². The Labute approximate surface area is 80.2 Å². The number of rotatable bonds is 7. The molecule has 0 radical (unpaired) electrons. The Morgan fingerprint density at radius 3 is 2.77 bits per heavy atom. The van der Waals surface area contributed by atoms with E-state index in [0.717, 1.165) is 39.5 Å². The maximum absolute atomic E-state index is 5.06. The lowest BCUT2D eigenvalue weighted by Crippen LogP contribution is -2.48. The number of hydrogen-bond donors (Lipinski definition) is 1. The molecule has 1 rings (SSSR count). The molecular formula is C9H20N2O2. The van der Waals surface area contributed by atoms with Gasteiger partial charge in [0.05, 0.1) is 25.9 Å². The van der Waals surface area contributed by atoms with Crippen molar-refractivity contribution in [3.05, 3.63) is 0 Å². The van der Waals surface area contributed by atoms with E-state index in [4.69, 9.17) is 9.47 Å². The summed E-state index contributed by atoms with van der Waals surface area (Å²) >= 11 is 0. The molecule has 78 valence electrons. The second-order valence-electron chi connectivity index (χ2n) is 3.48. The molecule has 0 aromatic rings. The fraction of sp³-hybridized carbons (Fsp3) is 1.00. The molecule has 1 aliphatic rings. The van der Waals surface area contributed by atoms with Gasteiger partial charge in [0.25, 0.3) is 0 Å². The van der Waals surface area contributed by atoms with Crippen LogP contribution >= 0.6 is 0 Å². The van der Waals surface area contributed by atoms with Crippen LogP contribution < -0.4 is 5.32 Å². The normalized spacial score (nSPS) is 17.8. The molecule has 0 unspecified atom stereocenters. The third-order valence-corrected chi connectivity index (χ3v) is 2.24. The minimum absolute atomic E-state index is 0.593. The van der Waals surface area contributed by atoms with E-state index >= 15 is 0 Å². The van der Waals surface area contributed by atoms with Crippen molar-refractivity contribution in [2.75, 3.05) is 53.6 Å². The largest absolute Gasteiger partial charge is 0.383 e. The number of nitrogens with zero attached hydrogens (tertiary/aromatic N) is 1. The van der Waals surface area contributed by atoms with E-state index in [1.165, 1.54) is 0 Å². The van der Waals surface area contributed by atoms with Crippen LogP contribution in [0.5, 0.6) is 0 Å². The number of likely N-dealkylation sites (N-methyl/N-ethyl adjacent to an activating group) is 1. The van der Waals surface area contributed by atoms with Crippen molar-refractivity contribution in [1.29, 1.82) is 0 Å². The van der Waals surface area contributed by atoms with Crippen molar-refractivity contribution >= 4 is 0 Å². The van der Waals surface area contributed by atoms with E-state index in [1.54, 1.807) is 7.11 Å². The van der Waals surface area contributed by atoms with Gasteiger partial charge in [-0.15, -0.1) is 0 Å². The Morgan fingerprint density at radius 2 is 2.23 bits per heavy atom. The highest BCUT2D eigenvalue weighted by atomic mass is 16.5. The molecule has 0 atom stereocenters. The van der Waals surface area contributed by atoms with Gasteiger partial charge >= 0.3 is 0 Å². The van der Waals surface area contributed by atoms with E-state index in [1.807, 2.05) is 0 Å². The highest BCUT2D eigenvalue weighted by Crippen LogP contribution is 1.98. The molecule has 0 bridgehead atoms. The summed E-state index contributed by atoms with van der Waals surface area (Å²) in [5, 5.41) is 3.42. The average molecular weight is 188 g/mol. The van der Waals surface area contributed by atoms with Crippen LogP contribution in [0.1, 0.15) is 0 Å². The Morgan fingerprint density at radius 1 is 1.46 bits per heavy atom. The first-order chi connectivity index (χ1) is 6.33. The predicted octanol–water partition coefficient (Wildman–Crippen LogP) is -0.447. The fourth-order valence-corrected chi connectivity index (χ4v) is 1.17. The van der Waals surface area contributed by atoms with Gasteiger partial charge in [0.15, 0.2) is 0 Å². The summed E-state index contributed by atoms with van der Waals surface area (Å²) in [5.41, 5.74) is 0. The molecule has 1 fully saturated rings. The summed E-state index contributed by atoms with van der Waals surface area (Å²) in [7, 11) is 3.84. The van der Waals surface area contributed by atoms with E-state index in [-0.39, 0.29) is 0 Å². The van der Waals surface area contributed by atoms with Crippen LogP contribution in [0.2, 0.25) is 0 Å². The van der Waals surface area contributed by atoms with Crippen LogP contribution in [0.15, 0.2) is 0 Å². The summed E-state index contributed by atoms with van der Waals surface area (Å²) in [6.45, 7) is 5.67. The molecule has 0 saturated carbocycles. The van der Waals surface area contributed by atoms with Gasteiger partial charge in [0.1, 0.15) is 0 Å². The number of hydrogen-bond acceptors (Lipinski definition) is 4. The van der Waals surface area contributed by atoms with Gasteiger partial charge in [-0.1, -0.05) is 0 Å². The zero-order chi connectivity index (χ0) is 9.52. The van der Waals surface area contributed by atoms with E-state index < -0.39 is 0 Å². The Kier molecular flexibility index (Phi) is 5.31. The molecule has 0 aromatic carbocycles. The lowest BCUT2D eigenvalue weighted by molar-refractivity contribution is -0.00562. The quantitative estimate of drug-likeness (QED) is 0.587. The number of methoxy groups -OCH3 is 1. The molecule has 13 heavy (non-hydrogen) atoms. The van der Waals surface area contributed by atoms with Crippen molar-refractivity contribution in [3.8, 4) is 0 Å². The zero-order valence-electron chi connectivity index (χ0n) is 8.58. The third-order valence-electron chi connectivity index (χ3n) is 2.24. The predicted molar refractivity (Wildman–Crippen MR) is 52.0 cm³/mol. The minimum Gasteiger partial charge on any atom is -0.383 e. The lowest BCUT2D eigenvalue weighted by Gasteiger charge is -2.28. The average Bonchev–Trinajstić information content (AvgIpc) is 2.06. The highest BCUT2D eigenvalue weighted by molar-refractivity contribution is 4.72. The minimum atomic E-state index is 0.593. The summed E-state index contributed by atoms with van der Waals surface area (Å²) in [6, 6.07) is 0.593. The van der Waals surface area contributed by atoms with E-state index in [0.29, 0.717) is 6.04 Å². The molecule has 0 spiro atoms. The first-order valence-corrected chi connectivity index (χ1v) is 4.81. The Bertz CT molecular complexity index is 129. The van der Waals surface area contributed by atoms with Gasteiger partial charge < -0.3 is 19.7 Å². The van der Waals surface area contributed by atoms with Crippen molar-refractivity contribution in [2.45, 2.75) is 6.04 Å². The van der Waals surface area contributed by atoms with Gasteiger partial charge in [0, 0.05) is 26.7 Å². The second kappa shape index (κ2) is 6.32. The van der Waals surface area contributed by atoms with E-state index in [2.05, 4.69) is 17.3 Å². The Hall–Kier alpha value is -0.160. The van der Waals surface area contributed by atoms with Gasteiger partial charge in [-0.2, -0.15) is 0 Å². The number of ether oxygens (including phenoxy) is 2. The van der Waals surface area contributed by atoms with Crippen molar-refractivity contribution < 1.29 is 9.47 Å². The standard InChI is InChI=1S/C9H20N2O2/c1-11(5-6-12-2)4-3-10-9-7-13-8-9/h9-10H,3-8H2,1-2H3. The highest BCUT2D eigenvalue weighted by Gasteiger charge is 2.16. The summed E-state index contributed by atoms with van der Waals surface area (Å²) < 4.78 is 10.1. The van der Waals surface area contributed by atoms with Crippen LogP contribution in [0.25, 0.3) is 0 Å². The molecule has 1 heterocycles. The van der Waals surface area contributed by atoms with Crippen molar-refractivity contribution in [1.82, 2.24) is 10.2 Å². The van der Waals surface area contributed by atoms with Crippen LogP contribution in [0.3, 0.4) is 0 Å². The van der Waals surface area contributed by atoms with Crippen molar-refractivity contribution in [3.63, 3.8) is 0 Å². The molecule has 4 heteroatoms. The van der Waals surface area contributed by atoms with Crippen LogP contribution in [0.4, 0.5) is 0 Å². The molecule has 1 aliphatic heterocycles. The topological polar surface area (TPSA) is 33.7 Å². The fourth-order valence-electron chi connectivity index (χ4n) is 1.17. The molecule has 1 N–H and O–H groups in total. The maximum Gasteiger partial charge on any atom is 0.0643 e. The first-order valence-electron chi connectivity index (χ1n) is 4.81. The monoisotopic (exact) mass is 188 g/mol. The molecule has 0 aliphatic carbocycles. The van der Waals surface area contributed by atoms with Gasteiger partial charge in [-0.3, -0.25) is 0 Å². The van der Waals surface area contributed by atoms with E-state index in [9.17, 15) is 0 Å². The molecular weight excluding hydrogens is 168 g/mol. The summed E-state index contributed by atoms with van der Waals surface area (Å²) in [6.07, 6.45) is 0. The molecule has 4 nitrogen and oxygen atoms in total. The Balaban J connectivity index is 1.85.